The molecule has 0 spiro atoms. The predicted molar refractivity (Wildman–Crippen MR) is 123 cm³/mol. The molecule has 186 valence electrons. The van der Waals surface area contributed by atoms with Gasteiger partial charge in [-0.25, -0.2) is 9.82 Å². The predicted octanol–water partition coefficient (Wildman–Crippen LogP) is 3.95. The van der Waals surface area contributed by atoms with Gasteiger partial charge in [0.25, 0.3) is 5.91 Å². The Kier molecular flexibility index (Phi) is 8.34. The lowest BCUT2D eigenvalue weighted by molar-refractivity contribution is -0.137. The molecule has 3 aromatic rings. The summed E-state index contributed by atoms with van der Waals surface area (Å²) >= 11 is 0. The van der Waals surface area contributed by atoms with Crippen molar-refractivity contribution in [2.75, 3.05) is 17.2 Å². The minimum absolute atomic E-state index is 0.130. The quantitative estimate of drug-likeness (QED) is 0.197. The fourth-order valence-electron chi connectivity index (χ4n) is 2.84. The first-order valence-electron chi connectivity index (χ1n) is 10.2. The van der Waals surface area contributed by atoms with Crippen molar-refractivity contribution in [3.05, 3.63) is 89.7 Å². The topological polar surface area (TPSA) is 109 Å². The van der Waals surface area contributed by atoms with E-state index in [4.69, 9.17) is 4.74 Å². The van der Waals surface area contributed by atoms with E-state index in [0.717, 1.165) is 24.4 Å². The molecule has 0 heterocycles. The highest BCUT2D eigenvalue weighted by atomic mass is 19.4. The van der Waals surface area contributed by atoms with Gasteiger partial charge in [-0.05, 0) is 36.4 Å². The molecule has 0 bridgehead atoms. The van der Waals surface area contributed by atoms with Crippen LogP contribution in [0.1, 0.15) is 11.1 Å². The van der Waals surface area contributed by atoms with E-state index in [9.17, 15) is 31.9 Å². The number of carbonyl (C=O) groups excluding carboxylic acids is 3. The van der Waals surface area contributed by atoms with E-state index >= 15 is 0 Å². The van der Waals surface area contributed by atoms with E-state index in [0.29, 0.717) is 0 Å². The molecule has 3 amide bonds. The van der Waals surface area contributed by atoms with E-state index < -0.39 is 47.6 Å². The van der Waals surface area contributed by atoms with Gasteiger partial charge in [0, 0.05) is 5.56 Å². The van der Waals surface area contributed by atoms with E-state index in [1.54, 1.807) is 12.1 Å². The van der Waals surface area contributed by atoms with Crippen LogP contribution in [0.15, 0.2) is 77.9 Å². The number of hydrogen-bond acceptors (Lipinski definition) is 5. The zero-order valence-electron chi connectivity index (χ0n) is 18.3. The summed E-state index contributed by atoms with van der Waals surface area (Å²) in [4.78, 5) is 35.9. The van der Waals surface area contributed by atoms with Crippen molar-refractivity contribution in [2.24, 2.45) is 5.10 Å². The van der Waals surface area contributed by atoms with Crippen LogP contribution in [0.25, 0.3) is 0 Å². The Hall–Kier alpha value is -4.74. The Morgan fingerprint density at radius 2 is 1.47 bits per heavy atom. The number of hydrogen-bond donors (Lipinski definition) is 3. The van der Waals surface area contributed by atoms with Crippen molar-refractivity contribution in [2.45, 2.75) is 6.18 Å². The van der Waals surface area contributed by atoms with Gasteiger partial charge in [0.2, 0.25) is 0 Å². The van der Waals surface area contributed by atoms with Crippen LogP contribution in [0.3, 0.4) is 0 Å². The lowest BCUT2D eigenvalue weighted by Gasteiger charge is -2.14. The van der Waals surface area contributed by atoms with Gasteiger partial charge in [0.05, 0.1) is 23.2 Å². The molecule has 0 saturated heterocycles. The van der Waals surface area contributed by atoms with Gasteiger partial charge in [-0.1, -0.05) is 36.4 Å². The highest BCUT2D eigenvalue weighted by Gasteiger charge is 2.33. The van der Waals surface area contributed by atoms with Gasteiger partial charge in [-0.2, -0.15) is 18.3 Å². The van der Waals surface area contributed by atoms with Crippen molar-refractivity contribution >= 4 is 35.3 Å². The van der Waals surface area contributed by atoms with Gasteiger partial charge in [-0.15, -0.1) is 0 Å². The van der Waals surface area contributed by atoms with E-state index in [-0.39, 0.29) is 17.0 Å². The molecule has 0 radical (unpaired) electrons. The normalized spacial score (nSPS) is 11.1. The molecule has 12 heteroatoms. The molecule has 0 aliphatic rings. The van der Waals surface area contributed by atoms with Gasteiger partial charge >= 0.3 is 18.0 Å². The number of anilines is 2. The first-order valence-corrected chi connectivity index (χ1v) is 10.2. The third-order valence-electron chi connectivity index (χ3n) is 4.48. The number of nitrogens with one attached hydrogen (secondary N) is 3. The van der Waals surface area contributed by atoms with Crippen molar-refractivity contribution in [1.82, 2.24) is 5.43 Å². The highest BCUT2D eigenvalue weighted by Crippen LogP contribution is 2.34. The molecule has 3 N–H and O–H groups in total. The zero-order chi connectivity index (χ0) is 26.1. The number of para-hydroxylation sites is 3. The second-order valence-electron chi connectivity index (χ2n) is 7.05. The fourth-order valence-corrected chi connectivity index (χ4v) is 2.84. The van der Waals surface area contributed by atoms with Crippen molar-refractivity contribution in [3.8, 4) is 5.75 Å². The molecule has 0 aromatic heterocycles. The summed E-state index contributed by atoms with van der Waals surface area (Å²) in [5, 5.41) is 7.89. The molecule has 3 aromatic carbocycles. The number of amides is 3. The number of ether oxygens (including phenoxy) is 1. The van der Waals surface area contributed by atoms with Crippen LogP contribution < -0.4 is 20.8 Å². The number of alkyl halides is 3. The Balaban J connectivity index is 1.57. The standard InChI is InChI=1S/C24H18F4N4O4/c25-17-9-3-5-11-19(17)31-22(34)23(35)32-29-13-15-7-1-6-12-20(15)36-14-21(33)30-18-10-4-2-8-16(18)24(26,27)28/h1-13H,14H2,(H,30,33)(H,31,34)(H,32,35)/b29-13-. The Morgan fingerprint density at radius 1 is 0.833 bits per heavy atom. The van der Waals surface area contributed by atoms with Gasteiger partial charge in [0.15, 0.2) is 6.61 Å². The van der Waals surface area contributed by atoms with Crippen molar-refractivity contribution < 1.29 is 36.7 Å². The zero-order valence-corrected chi connectivity index (χ0v) is 18.3. The Bertz CT molecular complexity index is 1290. The number of benzene rings is 3. The summed E-state index contributed by atoms with van der Waals surface area (Å²) in [7, 11) is 0. The van der Waals surface area contributed by atoms with E-state index in [2.05, 4.69) is 15.7 Å². The van der Waals surface area contributed by atoms with E-state index in [1.165, 1.54) is 42.5 Å². The van der Waals surface area contributed by atoms with Crippen LogP contribution >= 0.6 is 0 Å². The molecule has 36 heavy (non-hydrogen) atoms. The molecule has 0 unspecified atom stereocenters. The molecule has 0 fully saturated rings. The molecule has 0 saturated carbocycles. The summed E-state index contributed by atoms with van der Waals surface area (Å²) in [5.74, 6) is -3.76. The van der Waals surface area contributed by atoms with Crippen molar-refractivity contribution in [3.63, 3.8) is 0 Å². The third kappa shape index (κ3) is 7.13. The van der Waals surface area contributed by atoms with E-state index in [1.807, 2.05) is 5.43 Å². The summed E-state index contributed by atoms with van der Waals surface area (Å²) in [6.07, 6.45) is -3.52. The Morgan fingerprint density at radius 3 is 2.19 bits per heavy atom. The third-order valence-corrected chi connectivity index (χ3v) is 4.48. The number of rotatable bonds is 7. The fraction of sp³-hybridized carbons (Fsp3) is 0.0833. The Labute approximate surface area is 202 Å². The minimum Gasteiger partial charge on any atom is -0.483 e. The SMILES string of the molecule is O=C(COc1ccccc1/C=N\NC(=O)C(=O)Nc1ccccc1F)Nc1ccccc1C(F)(F)F. The lowest BCUT2D eigenvalue weighted by Crippen LogP contribution is -2.32. The highest BCUT2D eigenvalue weighted by molar-refractivity contribution is 6.39. The van der Waals surface area contributed by atoms with Crippen LogP contribution in [0.5, 0.6) is 5.75 Å². The molecule has 0 aliphatic heterocycles. The van der Waals surface area contributed by atoms with Crippen molar-refractivity contribution in [1.29, 1.82) is 0 Å². The summed E-state index contributed by atoms with van der Waals surface area (Å²) < 4.78 is 58.2. The molecular weight excluding hydrogens is 484 g/mol. The van der Waals surface area contributed by atoms with Crippen LogP contribution in [0, 0.1) is 5.82 Å². The summed E-state index contributed by atoms with van der Waals surface area (Å²) in [6.45, 7) is -0.617. The first kappa shape index (κ1) is 25.9. The van der Waals surface area contributed by atoms with Crippen LogP contribution in [-0.2, 0) is 20.6 Å². The van der Waals surface area contributed by atoms with Gasteiger partial charge < -0.3 is 15.4 Å². The summed E-state index contributed by atoms with van der Waals surface area (Å²) in [6, 6.07) is 15.9. The average Bonchev–Trinajstić information content (AvgIpc) is 2.84. The molecular formula is C24H18F4N4O4. The number of hydrazone groups is 1. The molecule has 0 atom stereocenters. The monoisotopic (exact) mass is 502 g/mol. The molecule has 3 rings (SSSR count). The maximum absolute atomic E-state index is 13.6. The number of carbonyl (C=O) groups is 3. The molecule has 0 aliphatic carbocycles. The number of halogens is 4. The van der Waals surface area contributed by atoms with Gasteiger partial charge in [0.1, 0.15) is 11.6 Å². The molecule has 8 nitrogen and oxygen atoms in total. The second-order valence-corrected chi connectivity index (χ2v) is 7.05. The lowest BCUT2D eigenvalue weighted by atomic mass is 10.1. The van der Waals surface area contributed by atoms with Crippen LogP contribution in [-0.4, -0.2) is 30.5 Å². The largest absolute Gasteiger partial charge is 0.483 e. The first-order chi connectivity index (χ1) is 17.1. The number of nitrogens with zero attached hydrogens (tertiary/aromatic N) is 1. The van der Waals surface area contributed by atoms with Crippen LogP contribution in [0.4, 0.5) is 28.9 Å². The minimum atomic E-state index is -4.65. The maximum atomic E-state index is 13.6. The second kappa shape index (κ2) is 11.6. The van der Waals surface area contributed by atoms with Gasteiger partial charge in [-0.3, -0.25) is 14.4 Å². The maximum Gasteiger partial charge on any atom is 0.418 e. The average molecular weight is 502 g/mol. The smallest absolute Gasteiger partial charge is 0.418 e. The summed E-state index contributed by atoms with van der Waals surface area (Å²) in [5.41, 5.74) is 0.663. The van der Waals surface area contributed by atoms with Crippen LogP contribution in [0.2, 0.25) is 0 Å².